The molecule has 4 rings (SSSR count). The molecule has 1 saturated heterocycles. The maximum absolute atomic E-state index is 13.4. The first-order valence-electron chi connectivity index (χ1n) is 11.9. The number of carbonyl (C=O) groups excluding carboxylic acids is 2. The van der Waals surface area contributed by atoms with Gasteiger partial charge in [-0.15, -0.1) is 0 Å². The summed E-state index contributed by atoms with van der Waals surface area (Å²) in [6.07, 6.45) is 1.53. The van der Waals surface area contributed by atoms with E-state index in [4.69, 9.17) is 32.7 Å². The highest BCUT2D eigenvalue weighted by Gasteiger charge is 2.29. The number of nitrogens with one attached hydrogen (secondary N) is 1. The van der Waals surface area contributed by atoms with Crippen LogP contribution in [0.5, 0.6) is 11.6 Å². The SMILES string of the molecule is CN1CCN(C(=O)[C@@H](COCc2ccc(Cl)cc2)NC(=O)c2cccnc2Oc2ccc(Cl)cc2)CC1. The Morgan fingerprint density at radius 2 is 1.62 bits per heavy atom. The molecule has 1 aromatic heterocycles. The smallest absolute Gasteiger partial charge is 0.257 e. The van der Waals surface area contributed by atoms with Crippen molar-refractivity contribution in [3.63, 3.8) is 0 Å². The van der Waals surface area contributed by atoms with Crippen molar-refractivity contribution >= 4 is 35.0 Å². The number of amides is 2. The molecule has 1 fully saturated rings. The second-order valence-electron chi connectivity index (χ2n) is 8.71. The maximum atomic E-state index is 13.4. The molecule has 194 valence electrons. The van der Waals surface area contributed by atoms with Crippen molar-refractivity contribution in [3.8, 4) is 11.6 Å². The Morgan fingerprint density at radius 1 is 0.973 bits per heavy atom. The lowest BCUT2D eigenvalue weighted by atomic mass is 10.2. The first kappa shape index (κ1) is 26.9. The van der Waals surface area contributed by atoms with Gasteiger partial charge in [-0.25, -0.2) is 4.98 Å². The summed E-state index contributed by atoms with van der Waals surface area (Å²) in [5, 5.41) is 4.04. The molecule has 1 aliphatic rings. The molecular weight excluding hydrogens is 515 g/mol. The molecule has 2 aromatic carbocycles. The predicted molar refractivity (Wildman–Crippen MR) is 142 cm³/mol. The second-order valence-corrected chi connectivity index (χ2v) is 9.58. The fraction of sp³-hybridized carbons (Fsp3) is 0.296. The standard InChI is InChI=1S/C27H28Cl2N4O4/c1-32-13-15-33(16-14-32)27(35)24(18-36-17-19-4-6-20(28)7-5-19)31-25(34)23-3-2-12-30-26(23)37-22-10-8-21(29)9-11-22/h2-12,24H,13-18H2,1H3,(H,31,34)/t24-/m1/s1. The third kappa shape index (κ3) is 7.66. The molecule has 3 aromatic rings. The van der Waals surface area contributed by atoms with E-state index in [1.165, 1.54) is 6.20 Å². The van der Waals surface area contributed by atoms with Crippen LogP contribution in [0.1, 0.15) is 15.9 Å². The highest BCUT2D eigenvalue weighted by molar-refractivity contribution is 6.30. The van der Waals surface area contributed by atoms with Gasteiger partial charge in [0.05, 0.1) is 13.2 Å². The van der Waals surface area contributed by atoms with Gasteiger partial charge in [-0.1, -0.05) is 35.3 Å². The summed E-state index contributed by atoms with van der Waals surface area (Å²) in [4.78, 5) is 34.9. The lowest BCUT2D eigenvalue weighted by Gasteiger charge is -2.34. The van der Waals surface area contributed by atoms with E-state index in [0.29, 0.717) is 28.9 Å². The van der Waals surface area contributed by atoms with E-state index in [-0.39, 0.29) is 30.6 Å². The second kappa shape index (κ2) is 12.9. The lowest BCUT2D eigenvalue weighted by molar-refractivity contribution is -0.136. The van der Waals surface area contributed by atoms with Gasteiger partial charge in [-0.2, -0.15) is 0 Å². The van der Waals surface area contributed by atoms with Gasteiger partial charge in [0.15, 0.2) is 0 Å². The van der Waals surface area contributed by atoms with Crippen molar-refractivity contribution in [2.45, 2.75) is 12.6 Å². The monoisotopic (exact) mass is 542 g/mol. The normalized spacial score (nSPS) is 14.7. The number of aromatic nitrogens is 1. The van der Waals surface area contributed by atoms with E-state index >= 15 is 0 Å². The number of benzene rings is 2. The Labute approximate surface area is 226 Å². The number of hydrogen-bond acceptors (Lipinski definition) is 6. The fourth-order valence-electron chi connectivity index (χ4n) is 3.79. The molecule has 1 N–H and O–H groups in total. The summed E-state index contributed by atoms with van der Waals surface area (Å²) in [7, 11) is 2.01. The quantitative estimate of drug-likeness (QED) is 0.434. The Hall–Kier alpha value is -3.17. The van der Waals surface area contributed by atoms with Crippen LogP contribution in [0, 0.1) is 0 Å². The lowest BCUT2D eigenvalue weighted by Crippen LogP contribution is -2.55. The largest absolute Gasteiger partial charge is 0.438 e. The van der Waals surface area contributed by atoms with Crippen LogP contribution in [-0.2, 0) is 16.1 Å². The van der Waals surface area contributed by atoms with E-state index in [1.54, 1.807) is 53.4 Å². The third-order valence-electron chi connectivity index (χ3n) is 5.93. The Bertz CT molecular complexity index is 1200. The van der Waals surface area contributed by atoms with Crippen molar-refractivity contribution in [1.29, 1.82) is 0 Å². The summed E-state index contributed by atoms with van der Waals surface area (Å²) < 4.78 is 11.7. The molecule has 8 nitrogen and oxygen atoms in total. The van der Waals surface area contributed by atoms with Gasteiger partial charge in [0.25, 0.3) is 5.91 Å². The number of carbonyl (C=O) groups is 2. The number of halogens is 2. The third-order valence-corrected chi connectivity index (χ3v) is 6.43. The molecular formula is C27H28Cl2N4O4. The van der Waals surface area contributed by atoms with Crippen LogP contribution >= 0.6 is 23.2 Å². The van der Waals surface area contributed by atoms with Crippen LogP contribution in [0.4, 0.5) is 0 Å². The van der Waals surface area contributed by atoms with Crippen LogP contribution in [0.25, 0.3) is 0 Å². The average molecular weight is 543 g/mol. The summed E-state index contributed by atoms with van der Waals surface area (Å²) >= 11 is 11.9. The van der Waals surface area contributed by atoms with Crippen molar-refractivity contribution in [1.82, 2.24) is 20.1 Å². The van der Waals surface area contributed by atoms with E-state index < -0.39 is 11.9 Å². The number of ether oxygens (including phenoxy) is 2. The van der Waals surface area contributed by atoms with Crippen molar-refractivity contribution < 1.29 is 19.1 Å². The first-order chi connectivity index (χ1) is 17.9. The summed E-state index contributed by atoms with van der Waals surface area (Å²) in [6.45, 7) is 2.97. The minimum atomic E-state index is -0.883. The predicted octanol–water partition coefficient (Wildman–Crippen LogP) is 4.27. The van der Waals surface area contributed by atoms with E-state index in [2.05, 4.69) is 15.2 Å². The summed E-state index contributed by atoms with van der Waals surface area (Å²) in [5.74, 6) is -0.0787. The topological polar surface area (TPSA) is 84.0 Å². The molecule has 1 aliphatic heterocycles. The van der Waals surface area contributed by atoms with Crippen molar-refractivity contribution in [2.24, 2.45) is 0 Å². The van der Waals surface area contributed by atoms with Crippen molar-refractivity contribution in [3.05, 3.63) is 88.0 Å². The number of nitrogens with zero attached hydrogens (tertiary/aromatic N) is 3. The number of rotatable bonds is 9. The van der Waals surface area contributed by atoms with Gasteiger partial charge in [-0.3, -0.25) is 9.59 Å². The highest BCUT2D eigenvalue weighted by Crippen LogP contribution is 2.24. The number of pyridine rings is 1. The first-order valence-corrected chi connectivity index (χ1v) is 12.6. The van der Waals surface area contributed by atoms with Gasteiger partial charge in [0, 0.05) is 42.4 Å². The van der Waals surface area contributed by atoms with Crippen molar-refractivity contribution in [2.75, 3.05) is 39.8 Å². The molecule has 0 spiro atoms. The number of piperazine rings is 1. The van der Waals surface area contributed by atoms with Gasteiger partial charge < -0.3 is 24.6 Å². The van der Waals surface area contributed by atoms with Gasteiger partial charge in [0.2, 0.25) is 11.8 Å². The minimum absolute atomic E-state index is 0.00712. The molecule has 2 amide bonds. The molecule has 1 atom stereocenters. The van der Waals surface area contributed by atoms with E-state index in [9.17, 15) is 9.59 Å². The maximum Gasteiger partial charge on any atom is 0.257 e. The Balaban J connectivity index is 1.47. The highest BCUT2D eigenvalue weighted by atomic mass is 35.5. The molecule has 0 aliphatic carbocycles. The van der Waals surface area contributed by atoms with Gasteiger partial charge in [0.1, 0.15) is 17.4 Å². The minimum Gasteiger partial charge on any atom is -0.438 e. The van der Waals surface area contributed by atoms with Crippen LogP contribution in [0.2, 0.25) is 10.0 Å². The zero-order valence-corrected chi connectivity index (χ0v) is 21.9. The van der Waals surface area contributed by atoms with Gasteiger partial charge in [-0.05, 0) is 61.1 Å². The zero-order chi connectivity index (χ0) is 26.2. The number of likely N-dealkylation sites (N-methyl/N-ethyl adjacent to an activating group) is 1. The molecule has 0 bridgehead atoms. The summed E-state index contributed by atoms with van der Waals surface area (Å²) in [5.41, 5.74) is 1.11. The molecule has 2 heterocycles. The molecule has 0 radical (unpaired) electrons. The van der Waals surface area contributed by atoms with Crippen LogP contribution in [0.15, 0.2) is 66.9 Å². The molecule has 10 heteroatoms. The van der Waals surface area contributed by atoms with Crippen LogP contribution < -0.4 is 10.1 Å². The summed E-state index contributed by atoms with van der Waals surface area (Å²) in [6, 6.07) is 16.3. The molecule has 0 unspecified atom stereocenters. The molecule has 0 saturated carbocycles. The van der Waals surface area contributed by atoms with Gasteiger partial charge >= 0.3 is 0 Å². The Morgan fingerprint density at radius 3 is 2.30 bits per heavy atom. The molecule has 37 heavy (non-hydrogen) atoms. The van der Waals surface area contributed by atoms with Crippen LogP contribution in [0.3, 0.4) is 0 Å². The van der Waals surface area contributed by atoms with E-state index in [0.717, 1.165) is 18.7 Å². The van der Waals surface area contributed by atoms with Crippen LogP contribution in [-0.4, -0.2) is 72.5 Å². The zero-order valence-electron chi connectivity index (χ0n) is 20.4. The van der Waals surface area contributed by atoms with E-state index in [1.807, 2.05) is 19.2 Å². The number of hydrogen-bond donors (Lipinski definition) is 1. The Kier molecular flexibility index (Phi) is 9.35. The fourth-order valence-corrected chi connectivity index (χ4v) is 4.04. The average Bonchev–Trinajstić information content (AvgIpc) is 2.91.